The lowest BCUT2D eigenvalue weighted by Crippen LogP contribution is -2.55. The number of carbonyl (C=O) groups excluding carboxylic acids is 3. The number of nitrogens with two attached hydrogens (primary N) is 1. The highest BCUT2D eigenvalue weighted by Gasteiger charge is 2.26. The number of carboxylic acid groups (broad SMARTS) is 1. The Labute approximate surface area is 171 Å². The van der Waals surface area contributed by atoms with Crippen LogP contribution in [0.2, 0.25) is 0 Å². The summed E-state index contributed by atoms with van der Waals surface area (Å²) in [5.74, 6) is -3.09. The first kappa shape index (κ1) is 22.5. The molecule has 8 N–H and O–H groups in total. The molecule has 3 atom stereocenters. The summed E-state index contributed by atoms with van der Waals surface area (Å²) in [6.45, 7) is 0.849. The summed E-state index contributed by atoms with van der Waals surface area (Å²) < 4.78 is 0. The topological polar surface area (TPSA) is 208 Å². The van der Waals surface area contributed by atoms with E-state index in [1.165, 1.54) is 25.8 Å². The van der Waals surface area contributed by atoms with Crippen molar-refractivity contribution in [2.45, 2.75) is 37.9 Å². The van der Waals surface area contributed by atoms with Crippen LogP contribution in [-0.2, 0) is 32.0 Å². The zero-order valence-corrected chi connectivity index (χ0v) is 16.2. The second kappa shape index (κ2) is 10.7. The van der Waals surface area contributed by atoms with E-state index in [4.69, 9.17) is 10.8 Å². The summed E-state index contributed by atoms with van der Waals surface area (Å²) in [6, 6.07) is -2.96. The predicted octanol–water partition coefficient (Wildman–Crippen LogP) is -2.56. The highest BCUT2D eigenvalue weighted by Crippen LogP contribution is 2.01. The molecule has 0 aliphatic heterocycles. The van der Waals surface area contributed by atoms with Gasteiger partial charge in [0.15, 0.2) is 0 Å². The van der Waals surface area contributed by atoms with Crippen molar-refractivity contribution in [1.82, 2.24) is 35.9 Å². The normalized spacial score (nSPS) is 13.7. The van der Waals surface area contributed by atoms with Gasteiger partial charge in [0.25, 0.3) is 0 Å². The van der Waals surface area contributed by atoms with E-state index in [-0.39, 0.29) is 12.8 Å². The van der Waals surface area contributed by atoms with E-state index in [0.717, 1.165) is 0 Å². The number of nitrogens with one attached hydrogen (secondary N) is 5. The van der Waals surface area contributed by atoms with Gasteiger partial charge in [-0.1, -0.05) is 0 Å². The molecular weight excluding hydrogens is 396 g/mol. The van der Waals surface area contributed by atoms with Gasteiger partial charge >= 0.3 is 5.97 Å². The molecule has 13 nitrogen and oxygen atoms in total. The van der Waals surface area contributed by atoms with Crippen molar-refractivity contribution < 1.29 is 24.3 Å². The van der Waals surface area contributed by atoms with Gasteiger partial charge in [0.1, 0.15) is 18.6 Å². The first-order valence-corrected chi connectivity index (χ1v) is 9.06. The standard InChI is InChI=1S/C17H24N8O5/c1-9(24-16(29)12(18)2-10-4-19-7-22-10)15(28)25-13(3-11-5-20-8-23-11)17(30)21-6-14(26)27/h4-5,7-9,12-13H,2-3,6,18H2,1H3,(H,19,22)(H,20,23)(H,21,30)(H,24,29)(H,25,28)(H,26,27). The second-order valence-corrected chi connectivity index (χ2v) is 6.57. The SMILES string of the molecule is CC(NC(=O)C(N)Cc1cnc[nH]1)C(=O)NC(Cc1cnc[nH]1)C(=O)NCC(=O)O. The van der Waals surface area contributed by atoms with Crippen molar-refractivity contribution in [2.24, 2.45) is 5.73 Å². The van der Waals surface area contributed by atoms with Crippen LogP contribution in [0.4, 0.5) is 0 Å². The number of imidazole rings is 2. The van der Waals surface area contributed by atoms with Gasteiger partial charge in [0, 0.05) is 36.6 Å². The molecule has 162 valence electrons. The highest BCUT2D eigenvalue weighted by molar-refractivity contribution is 5.93. The third-order valence-corrected chi connectivity index (χ3v) is 4.11. The number of rotatable bonds is 11. The molecule has 3 amide bonds. The van der Waals surface area contributed by atoms with Gasteiger partial charge in [-0.2, -0.15) is 0 Å². The summed E-state index contributed by atoms with van der Waals surface area (Å²) in [7, 11) is 0. The van der Waals surface area contributed by atoms with Crippen LogP contribution in [0.25, 0.3) is 0 Å². The zero-order chi connectivity index (χ0) is 22.1. The fourth-order valence-corrected chi connectivity index (χ4v) is 2.52. The highest BCUT2D eigenvalue weighted by atomic mass is 16.4. The van der Waals surface area contributed by atoms with E-state index >= 15 is 0 Å². The first-order chi connectivity index (χ1) is 14.3. The van der Waals surface area contributed by atoms with Crippen molar-refractivity contribution >= 4 is 23.7 Å². The number of aromatic amines is 2. The van der Waals surface area contributed by atoms with Crippen LogP contribution < -0.4 is 21.7 Å². The maximum absolute atomic E-state index is 12.5. The van der Waals surface area contributed by atoms with Crippen molar-refractivity contribution in [3.63, 3.8) is 0 Å². The van der Waals surface area contributed by atoms with Gasteiger partial charge < -0.3 is 36.8 Å². The lowest BCUT2D eigenvalue weighted by molar-refractivity contribution is -0.138. The Kier molecular flexibility index (Phi) is 8.05. The van der Waals surface area contributed by atoms with Gasteiger partial charge in [-0.15, -0.1) is 0 Å². The van der Waals surface area contributed by atoms with Gasteiger partial charge in [-0.05, 0) is 6.92 Å². The molecule has 3 unspecified atom stereocenters. The Morgan fingerprint density at radius 2 is 1.60 bits per heavy atom. The average Bonchev–Trinajstić information content (AvgIpc) is 3.39. The number of hydrogen-bond acceptors (Lipinski definition) is 7. The molecule has 2 aromatic heterocycles. The van der Waals surface area contributed by atoms with Crippen LogP contribution in [0.3, 0.4) is 0 Å². The molecule has 0 bridgehead atoms. The molecule has 0 aromatic carbocycles. The second-order valence-electron chi connectivity index (χ2n) is 6.57. The van der Waals surface area contributed by atoms with E-state index in [0.29, 0.717) is 11.4 Å². The van der Waals surface area contributed by atoms with Gasteiger partial charge in [0.2, 0.25) is 17.7 Å². The number of amides is 3. The van der Waals surface area contributed by atoms with E-state index in [1.54, 1.807) is 6.20 Å². The molecule has 0 aliphatic carbocycles. The summed E-state index contributed by atoms with van der Waals surface area (Å²) >= 11 is 0. The number of hydrogen-bond donors (Lipinski definition) is 7. The minimum Gasteiger partial charge on any atom is -0.480 e. The molecule has 0 saturated heterocycles. The van der Waals surface area contributed by atoms with E-state index in [2.05, 4.69) is 35.9 Å². The molecule has 0 saturated carbocycles. The minimum atomic E-state index is -1.22. The number of aliphatic carboxylic acids is 1. The minimum absolute atomic E-state index is 0.0528. The number of aromatic nitrogens is 4. The Morgan fingerprint density at radius 3 is 2.13 bits per heavy atom. The van der Waals surface area contributed by atoms with Crippen LogP contribution in [0.1, 0.15) is 18.3 Å². The molecule has 30 heavy (non-hydrogen) atoms. The van der Waals surface area contributed by atoms with Gasteiger partial charge in [-0.3, -0.25) is 19.2 Å². The number of H-pyrrole nitrogens is 2. The fraction of sp³-hybridized carbons (Fsp3) is 0.412. The van der Waals surface area contributed by atoms with Crippen molar-refractivity contribution in [2.75, 3.05) is 6.54 Å². The van der Waals surface area contributed by atoms with Crippen molar-refractivity contribution in [1.29, 1.82) is 0 Å². The summed E-state index contributed by atoms with van der Waals surface area (Å²) in [5.41, 5.74) is 7.07. The molecule has 2 heterocycles. The number of nitrogens with zero attached hydrogens (tertiary/aromatic N) is 2. The van der Waals surface area contributed by atoms with Crippen LogP contribution >= 0.6 is 0 Å². The van der Waals surface area contributed by atoms with Gasteiger partial charge in [-0.25, -0.2) is 9.97 Å². The molecular formula is C17H24N8O5. The molecule has 0 aliphatic rings. The van der Waals surface area contributed by atoms with E-state index in [1.807, 2.05) is 0 Å². The van der Waals surface area contributed by atoms with E-state index < -0.39 is 48.4 Å². The Morgan fingerprint density at radius 1 is 1.00 bits per heavy atom. The number of carboxylic acids is 1. The van der Waals surface area contributed by atoms with E-state index in [9.17, 15) is 19.2 Å². The summed E-state index contributed by atoms with van der Waals surface area (Å²) in [5, 5.41) is 15.9. The molecule has 13 heteroatoms. The van der Waals surface area contributed by atoms with Crippen molar-refractivity contribution in [3.8, 4) is 0 Å². The largest absolute Gasteiger partial charge is 0.480 e. The lowest BCUT2D eigenvalue weighted by atomic mass is 10.1. The monoisotopic (exact) mass is 420 g/mol. The smallest absolute Gasteiger partial charge is 0.322 e. The first-order valence-electron chi connectivity index (χ1n) is 9.06. The molecule has 2 rings (SSSR count). The molecule has 0 fully saturated rings. The lowest BCUT2D eigenvalue weighted by Gasteiger charge is -2.21. The van der Waals surface area contributed by atoms with Crippen LogP contribution in [-0.4, -0.2) is 73.4 Å². The Hall–Kier alpha value is -3.74. The summed E-state index contributed by atoms with van der Waals surface area (Å²) in [6.07, 6.45) is 6.15. The van der Waals surface area contributed by atoms with Crippen LogP contribution in [0.5, 0.6) is 0 Å². The third-order valence-electron chi connectivity index (χ3n) is 4.11. The Bertz CT molecular complexity index is 852. The third kappa shape index (κ3) is 7.01. The zero-order valence-electron chi connectivity index (χ0n) is 16.2. The van der Waals surface area contributed by atoms with Crippen LogP contribution in [0, 0.1) is 0 Å². The molecule has 0 spiro atoms. The summed E-state index contributed by atoms with van der Waals surface area (Å²) in [4.78, 5) is 61.0. The fourth-order valence-electron chi connectivity index (χ4n) is 2.52. The molecule has 0 radical (unpaired) electrons. The quantitative estimate of drug-likeness (QED) is 0.205. The maximum atomic E-state index is 12.5. The van der Waals surface area contributed by atoms with Gasteiger partial charge in [0.05, 0.1) is 18.7 Å². The Balaban J connectivity index is 1.94. The number of carbonyl (C=O) groups is 4. The maximum Gasteiger partial charge on any atom is 0.322 e. The van der Waals surface area contributed by atoms with Crippen LogP contribution in [0.15, 0.2) is 25.0 Å². The van der Waals surface area contributed by atoms with Crippen molar-refractivity contribution in [3.05, 3.63) is 36.4 Å². The predicted molar refractivity (Wildman–Crippen MR) is 103 cm³/mol. The molecule has 2 aromatic rings. The average molecular weight is 420 g/mol.